The molecule has 1 aliphatic rings. The number of hydrogen-bond acceptors (Lipinski definition) is 5. The molecule has 14 heavy (non-hydrogen) atoms. The van der Waals surface area contributed by atoms with Gasteiger partial charge in [-0.3, -0.25) is 4.68 Å². The summed E-state index contributed by atoms with van der Waals surface area (Å²) in [4.78, 5) is 5.27. The van der Waals surface area contributed by atoms with Crippen LogP contribution in [0.25, 0.3) is 10.3 Å². The van der Waals surface area contributed by atoms with E-state index in [0.717, 1.165) is 22.6 Å². The van der Waals surface area contributed by atoms with Gasteiger partial charge in [0, 0.05) is 6.54 Å². The highest BCUT2D eigenvalue weighted by molar-refractivity contribution is 7.16. The van der Waals surface area contributed by atoms with Gasteiger partial charge in [0.2, 0.25) is 0 Å². The SMILES string of the molecule is NC[C@H]1OCCn2nc3scnc3c21. The minimum Gasteiger partial charge on any atom is -0.369 e. The van der Waals surface area contributed by atoms with Crippen molar-refractivity contribution in [3.8, 4) is 0 Å². The van der Waals surface area contributed by atoms with Crippen LogP contribution < -0.4 is 5.73 Å². The first-order chi connectivity index (χ1) is 6.90. The van der Waals surface area contributed by atoms with E-state index in [1.165, 1.54) is 0 Å². The Hall–Kier alpha value is -0.980. The van der Waals surface area contributed by atoms with Gasteiger partial charge in [0.25, 0.3) is 0 Å². The molecular weight excluding hydrogens is 200 g/mol. The predicted octanol–water partition coefficient (Wildman–Crippen LogP) is 0.523. The molecule has 2 N–H and O–H groups in total. The number of thiazole rings is 1. The molecule has 3 heterocycles. The van der Waals surface area contributed by atoms with Gasteiger partial charge in [-0.25, -0.2) is 4.98 Å². The Morgan fingerprint density at radius 2 is 2.64 bits per heavy atom. The van der Waals surface area contributed by atoms with Gasteiger partial charge in [-0.05, 0) is 0 Å². The molecule has 0 saturated heterocycles. The fourth-order valence-electron chi connectivity index (χ4n) is 1.80. The van der Waals surface area contributed by atoms with Crippen molar-refractivity contribution in [2.24, 2.45) is 5.73 Å². The largest absolute Gasteiger partial charge is 0.369 e. The van der Waals surface area contributed by atoms with Gasteiger partial charge >= 0.3 is 0 Å². The highest BCUT2D eigenvalue weighted by atomic mass is 32.1. The lowest BCUT2D eigenvalue weighted by atomic mass is 10.2. The summed E-state index contributed by atoms with van der Waals surface area (Å²) < 4.78 is 7.54. The molecule has 0 bridgehead atoms. The minimum atomic E-state index is -0.0455. The average Bonchev–Trinajstić information content (AvgIpc) is 2.75. The van der Waals surface area contributed by atoms with Crippen molar-refractivity contribution in [2.75, 3.05) is 13.2 Å². The molecule has 0 spiro atoms. The van der Waals surface area contributed by atoms with Crippen molar-refractivity contribution in [2.45, 2.75) is 12.6 Å². The van der Waals surface area contributed by atoms with Crippen LogP contribution in [0.2, 0.25) is 0 Å². The van der Waals surface area contributed by atoms with Gasteiger partial charge in [-0.15, -0.1) is 11.3 Å². The number of rotatable bonds is 1. The third kappa shape index (κ3) is 1.01. The first kappa shape index (κ1) is 8.34. The molecule has 0 amide bonds. The average molecular weight is 210 g/mol. The molecule has 3 rings (SSSR count). The van der Waals surface area contributed by atoms with Crippen LogP contribution in [0.5, 0.6) is 0 Å². The number of nitrogens with zero attached hydrogens (tertiary/aromatic N) is 3. The summed E-state index contributed by atoms with van der Waals surface area (Å²) in [6, 6.07) is 0. The van der Waals surface area contributed by atoms with Crippen LogP contribution in [-0.4, -0.2) is 27.9 Å². The van der Waals surface area contributed by atoms with Crippen LogP contribution in [0.4, 0.5) is 0 Å². The van der Waals surface area contributed by atoms with Gasteiger partial charge in [0.1, 0.15) is 11.6 Å². The number of hydrogen-bond donors (Lipinski definition) is 1. The van der Waals surface area contributed by atoms with Crippen molar-refractivity contribution < 1.29 is 4.74 Å². The van der Waals surface area contributed by atoms with E-state index in [2.05, 4.69) is 10.1 Å². The van der Waals surface area contributed by atoms with Crippen LogP contribution in [0.15, 0.2) is 5.51 Å². The summed E-state index contributed by atoms with van der Waals surface area (Å²) in [6.07, 6.45) is -0.0455. The van der Waals surface area contributed by atoms with E-state index in [1.807, 2.05) is 4.68 Å². The zero-order chi connectivity index (χ0) is 9.54. The second kappa shape index (κ2) is 3.01. The Bertz CT molecular complexity index is 463. The van der Waals surface area contributed by atoms with Gasteiger partial charge < -0.3 is 10.5 Å². The van der Waals surface area contributed by atoms with Gasteiger partial charge in [0.15, 0.2) is 4.83 Å². The zero-order valence-corrected chi connectivity index (χ0v) is 8.33. The molecule has 0 radical (unpaired) electrons. The Morgan fingerprint density at radius 3 is 3.50 bits per heavy atom. The summed E-state index contributed by atoms with van der Waals surface area (Å²) in [7, 11) is 0. The molecular formula is C8H10N4OS. The summed E-state index contributed by atoms with van der Waals surface area (Å²) in [5.74, 6) is 0. The Balaban J connectivity index is 2.24. The molecule has 0 aliphatic carbocycles. The Labute approximate surface area is 84.5 Å². The van der Waals surface area contributed by atoms with Gasteiger partial charge in [0.05, 0.1) is 24.4 Å². The number of aromatic nitrogens is 3. The normalized spacial score (nSPS) is 21.4. The molecule has 1 atom stereocenters. The maximum Gasteiger partial charge on any atom is 0.165 e. The van der Waals surface area contributed by atoms with E-state index in [1.54, 1.807) is 16.8 Å². The molecule has 0 saturated carbocycles. The van der Waals surface area contributed by atoms with Crippen molar-refractivity contribution in [3.05, 3.63) is 11.2 Å². The molecule has 0 aromatic carbocycles. The standard InChI is InChI=1S/C8H10N4OS/c9-3-5-7-6-8(14-4-10-6)11-12(7)1-2-13-5/h4-5H,1-3,9H2/t5-/m1/s1. The second-order valence-electron chi connectivity index (χ2n) is 3.21. The maximum absolute atomic E-state index is 5.65. The van der Waals surface area contributed by atoms with E-state index in [4.69, 9.17) is 10.5 Å². The number of fused-ring (bicyclic) bond motifs is 3. The van der Waals surface area contributed by atoms with E-state index < -0.39 is 0 Å². The number of ether oxygens (including phenoxy) is 1. The summed E-state index contributed by atoms with van der Waals surface area (Å²) in [5.41, 5.74) is 9.44. The fraction of sp³-hybridized carbons (Fsp3) is 0.500. The van der Waals surface area contributed by atoms with Crippen LogP contribution in [0.1, 0.15) is 11.8 Å². The first-order valence-corrected chi connectivity index (χ1v) is 5.39. The molecule has 0 unspecified atom stereocenters. The highest BCUT2D eigenvalue weighted by Crippen LogP contribution is 2.29. The zero-order valence-electron chi connectivity index (χ0n) is 7.51. The topological polar surface area (TPSA) is 66.0 Å². The van der Waals surface area contributed by atoms with Crippen LogP contribution in [0.3, 0.4) is 0 Å². The summed E-state index contributed by atoms with van der Waals surface area (Å²) in [6.45, 7) is 1.97. The van der Waals surface area contributed by atoms with E-state index in [-0.39, 0.29) is 6.10 Å². The van der Waals surface area contributed by atoms with Crippen molar-refractivity contribution in [1.82, 2.24) is 14.8 Å². The Kier molecular flexibility index (Phi) is 1.79. The van der Waals surface area contributed by atoms with E-state index in [9.17, 15) is 0 Å². The molecule has 2 aromatic heterocycles. The quantitative estimate of drug-likeness (QED) is 0.745. The van der Waals surface area contributed by atoms with Gasteiger partial charge in [-0.2, -0.15) is 5.10 Å². The molecule has 5 nitrogen and oxygen atoms in total. The summed E-state index contributed by atoms with van der Waals surface area (Å²) in [5, 5.41) is 4.45. The monoisotopic (exact) mass is 210 g/mol. The van der Waals surface area contributed by atoms with Crippen LogP contribution in [0, 0.1) is 0 Å². The minimum absolute atomic E-state index is 0.0455. The van der Waals surface area contributed by atoms with Crippen LogP contribution >= 0.6 is 11.3 Å². The molecule has 1 aliphatic heterocycles. The Morgan fingerprint density at radius 1 is 1.71 bits per heavy atom. The van der Waals surface area contributed by atoms with Crippen LogP contribution in [-0.2, 0) is 11.3 Å². The van der Waals surface area contributed by atoms with E-state index >= 15 is 0 Å². The van der Waals surface area contributed by atoms with Crippen molar-refractivity contribution >= 4 is 21.7 Å². The summed E-state index contributed by atoms with van der Waals surface area (Å²) >= 11 is 1.55. The molecule has 0 fully saturated rings. The second-order valence-corrected chi connectivity index (χ2v) is 4.04. The molecule has 74 valence electrons. The lowest BCUT2D eigenvalue weighted by Crippen LogP contribution is -2.27. The lowest BCUT2D eigenvalue weighted by Gasteiger charge is -2.22. The van der Waals surface area contributed by atoms with Gasteiger partial charge in [-0.1, -0.05) is 0 Å². The highest BCUT2D eigenvalue weighted by Gasteiger charge is 2.25. The predicted molar refractivity (Wildman–Crippen MR) is 53.2 cm³/mol. The maximum atomic E-state index is 5.65. The fourth-order valence-corrected chi connectivity index (χ4v) is 2.47. The van der Waals surface area contributed by atoms with Crippen molar-refractivity contribution in [3.63, 3.8) is 0 Å². The van der Waals surface area contributed by atoms with E-state index in [0.29, 0.717) is 13.2 Å². The molecule has 6 heteroatoms. The smallest absolute Gasteiger partial charge is 0.165 e. The molecule has 2 aromatic rings. The number of nitrogens with two attached hydrogens (primary N) is 1. The third-order valence-corrected chi connectivity index (χ3v) is 3.13. The lowest BCUT2D eigenvalue weighted by molar-refractivity contribution is 0.0235. The van der Waals surface area contributed by atoms with Crippen molar-refractivity contribution in [1.29, 1.82) is 0 Å². The first-order valence-electron chi connectivity index (χ1n) is 4.51. The third-order valence-electron chi connectivity index (χ3n) is 2.42.